The van der Waals surface area contributed by atoms with E-state index in [0.29, 0.717) is 6.42 Å². The van der Waals surface area contributed by atoms with Crippen LogP contribution in [0.4, 0.5) is 0 Å². The Bertz CT molecular complexity index is 488. The molecule has 1 heterocycles. The zero-order valence-corrected chi connectivity index (χ0v) is 11.1. The van der Waals surface area contributed by atoms with Gasteiger partial charge in [-0.05, 0) is 31.4 Å². The molecule has 0 spiro atoms. The van der Waals surface area contributed by atoms with E-state index in [-0.39, 0.29) is 0 Å². The van der Waals surface area contributed by atoms with E-state index < -0.39 is 5.97 Å². The van der Waals surface area contributed by atoms with Crippen molar-refractivity contribution in [1.82, 2.24) is 4.98 Å². The molecule has 96 valence electrons. The van der Waals surface area contributed by atoms with Crippen molar-refractivity contribution in [3.63, 3.8) is 0 Å². The molecule has 0 aliphatic rings. The second-order valence-corrected chi connectivity index (χ2v) is 5.50. The lowest BCUT2D eigenvalue weighted by Crippen LogP contribution is -1.93. The van der Waals surface area contributed by atoms with Crippen molar-refractivity contribution in [3.8, 4) is 0 Å². The van der Waals surface area contributed by atoms with Gasteiger partial charge in [-0.3, -0.25) is 4.79 Å². The van der Waals surface area contributed by atoms with Crippen molar-refractivity contribution in [2.45, 2.75) is 38.5 Å². The fraction of sp³-hybridized carbons (Fsp3) is 0.429. The van der Waals surface area contributed by atoms with Gasteiger partial charge < -0.3 is 5.11 Å². The van der Waals surface area contributed by atoms with E-state index in [1.807, 2.05) is 18.2 Å². The molecule has 0 unspecified atom stereocenters. The number of unbranched alkanes of at least 4 members (excludes halogenated alkanes) is 3. The van der Waals surface area contributed by atoms with Gasteiger partial charge in [0.2, 0.25) is 0 Å². The van der Waals surface area contributed by atoms with Gasteiger partial charge in [0.1, 0.15) is 0 Å². The number of carboxylic acids is 1. The predicted octanol–water partition coefficient (Wildman–Crippen LogP) is 3.87. The Morgan fingerprint density at radius 1 is 1.17 bits per heavy atom. The molecule has 0 fully saturated rings. The number of hydrogen-bond acceptors (Lipinski definition) is 3. The number of aromatic nitrogens is 1. The maximum absolute atomic E-state index is 10.3. The maximum Gasteiger partial charge on any atom is 0.303 e. The van der Waals surface area contributed by atoms with E-state index in [0.717, 1.165) is 37.6 Å². The number of fused-ring (bicyclic) bond motifs is 1. The Hall–Kier alpha value is -1.42. The van der Waals surface area contributed by atoms with Crippen LogP contribution in [-0.4, -0.2) is 16.1 Å². The van der Waals surface area contributed by atoms with Gasteiger partial charge in [0.15, 0.2) is 0 Å². The van der Waals surface area contributed by atoms with Gasteiger partial charge in [0.25, 0.3) is 0 Å². The third-order valence-electron chi connectivity index (χ3n) is 2.87. The molecule has 2 aromatic rings. The third-order valence-corrected chi connectivity index (χ3v) is 3.97. The summed E-state index contributed by atoms with van der Waals surface area (Å²) in [5.74, 6) is -0.693. The van der Waals surface area contributed by atoms with Crippen LogP contribution in [-0.2, 0) is 11.2 Å². The number of nitrogens with zero attached hydrogens (tertiary/aromatic N) is 1. The smallest absolute Gasteiger partial charge is 0.303 e. The zero-order chi connectivity index (χ0) is 12.8. The van der Waals surface area contributed by atoms with Gasteiger partial charge in [-0.1, -0.05) is 25.0 Å². The summed E-state index contributed by atoms with van der Waals surface area (Å²) in [7, 11) is 0. The summed E-state index contributed by atoms with van der Waals surface area (Å²) in [6.45, 7) is 0. The Balaban J connectivity index is 1.72. The van der Waals surface area contributed by atoms with Gasteiger partial charge in [0, 0.05) is 6.42 Å². The number of carbonyl (C=O) groups is 1. The molecular weight excluding hydrogens is 246 g/mol. The minimum atomic E-state index is -0.693. The van der Waals surface area contributed by atoms with E-state index >= 15 is 0 Å². The van der Waals surface area contributed by atoms with Crippen molar-refractivity contribution in [1.29, 1.82) is 0 Å². The summed E-state index contributed by atoms with van der Waals surface area (Å²) in [6, 6.07) is 8.19. The second kappa shape index (κ2) is 6.50. The lowest BCUT2D eigenvalue weighted by atomic mass is 10.1. The van der Waals surface area contributed by atoms with Gasteiger partial charge in [0.05, 0.1) is 15.2 Å². The first-order valence-electron chi connectivity index (χ1n) is 6.32. The Kier molecular flexibility index (Phi) is 4.70. The average Bonchev–Trinajstić information content (AvgIpc) is 2.75. The molecule has 0 saturated heterocycles. The van der Waals surface area contributed by atoms with Crippen LogP contribution >= 0.6 is 11.3 Å². The van der Waals surface area contributed by atoms with E-state index in [9.17, 15) is 4.79 Å². The van der Waals surface area contributed by atoms with Crippen LogP contribution in [0.5, 0.6) is 0 Å². The fourth-order valence-electron chi connectivity index (χ4n) is 1.93. The van der Waals surface area contributed by atoms with Gasteiger partial charge in [-0.2, -0.15) is 0 Å². The number of thiazole rings is 1. The number of benzene rings is 1. The van der Waals surface area contributed by atoms with Crippen LogP contribution in [0.2, 0.25) is 0 Å². The lowest BCUT2D eigenvalue weighted by Gasteiger charge is -1.97. The molecule has 1 N–H and O–H groups in total. The highest BCUT2D eigenvalue weighted by molar-refractivity contribution is 7.18. The lowest BCUT2D eigenvalue weighted by molar-refractivity contribution is -0.137. The van der Waals surface area contributed by atoms with Crippen LogP contribution in [0.25, 0.3) is 10.2 Å². The summed E-state index contributed by atoms with van der Waals surface area (Å²) in [6.07, 6.45) is 5.27. The third kappa shape index (κ3) is 3.81. The highest BCUT2D eigenvalue weighted by Gasteiger charge is 2.03. The van der Waals surface area contributed by atoms with Gasteiger partial charge >= 0.3 is 5.97 Å². The van der Waals surface area contributed by atoms with Crippen molar-refractivity contribution in [2.24, 2.45) is 0 Å². The number of carboxylic acid groups (broad SMARTS) is 1. The zero-order valence-electron chi connectivity index (χ0n) is 10.3. The molecule has 0 atom stereocenters. The first kappa shape index (κ1) is 13.0. The van der Waals surface area contributed by atoms with Gasteiger partial charge in [-0.25, -0.2) is 4.98 Å². The first-order valence-corrected chi connectivity index (χ1v) is 7.13. The van der Waals surface area contributed by atoms with Crippen LogP contribution in [0, 0.1) is 0 Å². The minimum absolute atomic E-state index is 0.293. The predicted molar refractivity (Wildman–Crippen MR) is 74.0 cm³/mol. The number of aliphatic carboxylic acids is 1. The topological polar surface area (TPSA) is 50.2 Å². The van der Waals surface area contributed by atoms with E-state index in [1.54, 1.807) is 11.3 Å². The van der Waals surface area contributed by atoms with E-state index in [2.05, 4.69) is 11.1 Å². The molecular formula is C14H17NO2S. The fourth-order valence-corrected chi connectivity index (χ4v) is 2.94. The second-order valence-electron chi connectivity index (χ2n) is 4.38. The Morgan fingerprint density at radius 3 is 2.72 bits per heavy atom. The van der Waals surface area contributed by atoms with Crippen molar-refractivity contribution >= 4 is 27.5 Å². The summed E-state index contributed by atoms with van der Waals surface area (Å²) >= 11 is 1.76. The quantitative estimate of drug-likeness (QED) is 0.771. The SMILES string of the molecule is O=C(O)CCCCCCc1nc2ccccc2s1. The summed E-state index contributed by atoms with van der Waals surface area (Å²) in [4.78, 5) is 14.9. The molecule has 1 aromatic carbocycles. The number of hydrogen-bond donors (Lipinski definition) is 1. The number of para-hydroxylation sites is 1. The number of rotatable bonds is 7. The molecule has 0 saturated carbocycles. The Morgan fingerprint density at radius 2 is 1.94 bits per heavy atom. The first-order chi connectivity index (χ1) is 8.75. The van der Waals surface area contributed by atoms with Crippen LogP contribution in [0.15, 0.2) is 24.3 Å². The van der Waals surface area contributed by atoms with E-state index in [1.165, 1.54) is 9.71 Å². The molecule has 0 aliphatic carbocycles. The van der Waals surface area contributed by atoms with Gasteiger partial charge in [-0.15, -0.1) is 11.3 Å². The monoisotopic (exact) mass is 263 g/mol. The van der Waals surface area contributed by atoms with Crippen LogP contribution in [0.3, 0.4) is 0 Å². The maximum atomic E-state index is 10.3. The van der Waals surface area contributed by atoms with Crippen molar-refractivity contribution in [2.75, 3.05) is 0 Å². The van der Waals surface area contributed by atoms with Crippen LogP contribution in [0.1, 0.15) is 37.1 Å². The standard InChI is InChI=1S/C14H17NO2S/c16-14(17)10-4-2-1-3-9-13-15-11-7-5-6-8-12(11)18-13/h5-8H,1-4,9-10H2,(H,16,17). The molecule has 4 heteroatoms. The molecule has 0 bridgehead atoms. The summed E-state index contributed by atoms with van der Waals surface area (Å²) in [5.41, 5.74) is 1.09. The van der Waals surface area contributed by atoms with Crippen molar-refractivity contribution < 1.29 is 9.90 Å². The highest BCUT2D eigenvalue weighted by Crippen LogP contribution is 2.22. The molecule has 3 nitrogen and oxygen atoms in total. The normalized spacial score (nSPS) is 10.9. The molecule has 2 rings (SSSR count). The average molecular weight is 263 g/mol. The van der Waals surface area contributed by atoms with E-state index in [4.69, 9.17) is 5.11 Å². The Labute approximate surface area is 110 Å². The largest absolute Gasteiger partial charge is 0.481 e. The molecule has 1 aromatic heterocycles. The summed E-state index contributed by atoms with van der Waals surface area (Å²) < 4.78 is 1.25. The molecule has 18 heavy (non-hydrogen) atoms. The highest BCUT2D eigenvalue weighted by atomic mass is 32.1. The van der Waals surface area contributed by atoms with Crippen molar-refractivity contribution in [3.05, 3.63) is 29.3 Å². The summed E-state index contributed by atoms with van der Waals surface area (Å²) in [5, 5.41) is 9.71. The molecule has 0 radical (unpaired) electrons. The minimum Gasteiger partial charge on any atom is -0.481 e. The number of aryl methyl sites for hydroxylation is 1. The molecule has 0 aliphatic heterocycles. The molecule has 0 amide bonds. The van der Waals surface area contributed by atoms with Crippen LogP contribution < -0.4 is 0 Å².